The van der Waals surface area contributed by atoms with E-state index in [0.717, 1.165) is 36.8 Å². The van der Waals surface area contributed by atoms with Crippen LogP contribution in [0.2, 0.25) is 0 Å². The van der Waals surface area contributed by atoms with Crippen LogP contribution >= 0.6 is 0 Å². The Bertz CT molecular complexity index is 309. The Morgan fingerprint density at radius 2 is 2.12 bits per heavy atom. The highest BCUT2D eigenvalue weighted by atomic mass is 16.5. The molecule has 2 N–H and O–H groups in total. The van der Waals surface area contributed by atoms with Gasteiger partial charge in [0.1, 0.15) is 5.75 Å². The largest absolute Gasteiger partial charge is 0.492 e. The Hall–Kier alpha value is -1.09. The molecule has 0 unspecified atom stereocenters. The van der Waals surface area contributed by atoms with Crippen molar-refractivity contribution in [3.8, 4) is 5.75 Å². The lowest BCUT2D eigenvalue weighted by atomic mass is 10.1. The summed E-state index contributed by atoms with van der Waals surface area (Å²) < 4.78 is 5.62. The van der Waals surface area contributed by atoms with Gasteiger partial charge < -0.3 is 10.5 Å². The van der Waals surface area contributed by atoms with Crippen LogP contribution in [0.15, 0.2) is 18.3 Å². The number of pyridine rings is 1. The highest BCUT2D eigenvalue weighted by Gasteiger charge is 2.04. The van der Waals surface area contributed by atoms with Gasteiger partial charge in [-0.3, -0.25) is 4.98 Å². The van der Waals surface area contributed by atoms with Gasteiger partial charge >= 0.3 is 0 Å². The monoisotopic (exact) mass is 236 g/mol. The molecule has 96 valence electrons. The zero-order valence-corrected chi connectivity index (χ0v) is 11.1. The summed E-state index contributed by atoms with van der Waals surface area (Å²) in [5, 5.41) is 0. The van der Waals surface area contributed by atoms with Crippen LogP contribution in [0.5, 0.6) is 5.75 Å². The molecule has 0 bridgehead atoms. The second-order valence-corrected chi connectivity index (χ2v) is 4.82. The summed E-state index contributed by atoms with van der Waals surface area (Å²) in [5.74, 6) is 1.57. The van der Waals surface area contributed by atoms with Crippen molar-refractivity contribution >= 4 is 0 Å². The van der Waals surface area contributed by atoms with Crippen molar-refractivity contribution in [1.29, 1.82) is 0 Å². The highest BCUT2D eigenvalue weighted by Crippen LogP contribution is 2.15. The molecule has 3 heteroatoms. The molecule has 1 aromatic heterocycles. The van der Waals surface area contributed by atoms with E-state index in [-0.39, 0.29) is 6.04 Å². The van der Waals surface area contributed by atoms with Gasteiger partial charge in [-0.05, 0) is 37.3 Å². The van der Waals surface area contributed by atoms with Gasteiger partial charge in [-0.2, -0.15) is 0 Å². The number of nitrogens with two attached hydrogens (primary N) is 1. The van der Waals surface area contributed by atoms with E-state index in [9.17, 15) is 0 Å². The van der Waals surface area contributed by atoms with Gasteiger partial charge in [-0.25, -0.2) is 0 Å². The minimum atomic E-state index is 0.0324. The molecule has 0 spiro atoms. The first-order valence-electron chi connectivity index (χ1n) is 6.47. The van der Waals surface area contributed by atoms with E-state index in [1.807, 2.05) is 12.1 Å². The zero-order chi connectivity index (χ0) is 12.7. The van der Waals surface area contributed by atoms with Gasteiger partial charge in [-0.1, -0.05) is 20.8 Å². The number of hydrogen-bond donors (Lipinski definition) is 1. The first kappa shape index (κ1) is 14.0. The van der Waals surface area contributed by atoms with Crippen molar-refractivity contribution in [2.45, 2.75) is 46.1 Å². The van der Waals surface area contributed by atoms with Crippen molar-refractivity contribution in [2.75, 3.05) is 6.61 Å². The lowest BCUT2D eigenvalue weighted by Gasteiger charge is -2.10. The highest BCUT2D eigenvalue weighted by molar-refractivity contribution is 5.21. The minimum Gasteiger partial charge on any atom is -0.492 e. The number of nitrogens with zero attached hydrogens (tertiary/aromatic N) is 1. The van der Waals surface area contributed by atoms with Crippen LogP contribution in [0.1, 0.15) is 51.8 Å². The summed E-state index contributed by atoms with van der Waals surface area (Å²) in [5.41, 5.74) is 6.83. The Kier molecular flexibility index (Phi) is 5.98. The van der Waals surface area contributed by atoms with E-state index < -0.39 is 0 Å². The molecule has 0 amide bonds. The fourth-order valence-corrected chi connectivity index (χ4v) is 1.59. The number of rotatable bonds is 7. The lowest BCUT2D eigenvalue weighted by molar-refractivity contribution is 0.296. The summed E-state index contributed by atoms with van der Waals surface area (Å²) in [4.78, 5) is 4.31. The smallest absolute Gasteiger partial charge is 0.137 e. The van der Waals surface area contributed by atoms with Gasteiger partial charge in [0.2, 0.25) is 0 Å². The first-order valence-corrected chi connectivity index (χ1v) is 6.47. The molecule has 0 aromatic carbocycles. The second kappa shape index (κ2) is 7.28. The van der Waals surface area contributed by atoms with E-state index in [1.54, 1.807) is 6.20 Å². The molecule has 17 heavy (non-hydrogen) atoms. The molecule has 3 nitrogen and oxygen atoms in total. The van der Waals surface area contributed by atoms with Crippen molar-refractivity contribution in [3.05, 3.63) is 24.0 Å². The molecular formula is C14H24N2O. The zero-order valence-electron chi connectivity index (χ0n) is 11.1. The Labute approximate surface area is 104 Å². The first-order chi connectivity index (χ1) is 8.13. The molecule has 0 aliphatic carbocycles. The van der Waals surface area contributed by atoms with Gasteiger partial charge in [0.25, 0.3) is 0 Å². The second-order valence-electron chi connectivity index (χ2n) is 4.82. The molecule has 1 aromatic rings. The third kappa shape index (κ3) is 5.18. The Morgan fingerprint density at radius 1 is 1.35 bits per heavy atom. The molecule has 0 fully saturated rings. The van der Waals surface area contributed by atoms with E-state index >= 15 is 0 Å². The van der Waals surface area contributed by atoms with Crippen molar-refractivity contribution in [1.82, 2.24) is 4.98 Å². The fourth-order valence-electron chi connectivity index (χ4n) is 1.59. The van der Waals surface area contributed by atoms with Crippen LogP contribution in [0.4, 0.5) is 0 Å². The van der Waals surface area contributed by atoms with Crippen molar-refractivity contribution in [3.63, 3.8) is 0 Å². The third-order valence-electron chi connectivity index (χ3n) is 2.77. The molecule has 1 rings (SSSR count). The molecule has 1 atom stereocenters. The van der Waals surface area contributed by atoms with Crippen LogP contribution in [-0.2, 0) is 0 Å². The van der Waals surface area contributed by atoms with Crippen molar-refractivity contribution in [2.24, 2.45) is 11.7 Å². The maximum atomic E-state index is 5.90. The summed E-state index contributed by atoms with van der Waals surface area (Å²) in [6.07, 6.45) is 4.96. The normalized spacial score (nSPS) is 12.8. The Balaban J connectivity index is 2.35. The van der Waals surface area contributed by atoms with Gasteiger partial charge in [0, 0.05) is 6.04 Å². The summed E-state index contributed by atoms with van der Waals surface area (Å²) in [7, 11) is 0. The number of ether oxygens (including phenoxy) is 1. The fraction of sp³-hybridized carbons (Fsp3) is 0.643. The SMILES string of the molecule is CC[C@@H](N)c1ccc(OCCCC(C)C)cn1. The molecule has 0 aliphatic heterocycles. The average molecular weight is 236 g/mol. The van der Waals surface area contributed by atoms with E-state index in [1.165, 1.54) is 6.42 Å². The van der Waals surface area contributed by atoms with Crippen LogP contribution in [0, 0.1) is 5.92 Å². The maximum Gasteiger partial charge on any atom is 0.137 e. The summed E-state index contributed by atoms with van der Waals surface area (Å²) in [6, 6.07) is 3.93. The van der Waals surface area contributed by atoms with Crippen LogP contribution in [-0.4, -0.2) is 11.6 Å². The quantitative estimate of drug-likeness (QED) is 0.739. The van der Waals surface area contributed by atoms with Crippen LogP contribution in [0.25, 0.3) is 0 Å². The van der Waals surface area contributed by atoms with E-state index in [2.05, 4.69) is 25.8 Å². The molecule has 0 saturated carbocycles. The Morgan fingerprint density at radius 3 is 2.65 bits per heavy atom. The minimum absolute atomic E-state index is 0.0324. The number of aromatic nitrogens is 1. The van der Waals surface area contributed by atoms with Crippen molar-refractivity contribution < 1.29 is 4.74 Å². The third-order valence-corrected chi connectivity index (χ3v) is 2.77. The van der Waals surface area contributed by atoms with Gasteiger partial charge in [0.15, 0.2) is 0 Å². The standard InChI is InChI=1S/C14H24N2O/c1-4-13(15)14-8-7-12(10-16-14)17-9-5-6-11(2)3/h7-8,10-11,13H,4-6,9,15H2,1-3H3/t13-/m1/s1. The summed E-state index contributed by atoms with van der Waals surface area (Å²) >= 11 is 0. The summed E-state index contributed by atoms with van der Waals surface area (Å²) in [6.45, 7) is 7.27. The average Bonchev–Trinajstić information content (AvgIpc) is 2.34. The molecular weight excluding hydrogens is 212 g/mol. The van der Waals surface area contributed by atoms with E-state index in [0.29, 0.717) is 0 Å². The molecule has 0 radical (unpaired) electrons. The van der Waals surface area contributed by atoms with Gasteiger partial charge in [0.05, 0.1) is 18.5 Å². The predicted octanol–water partition coefficient (Wildman–Crippen LogP) is 3.31. The lowest BCUT2D eigenvalue weighted by Crippen LogP contribution is -2.10. The number of hydrogen-bond acceptors (Lipinski definition) is 3. The van der Waals surface area contributed by atoms with Crippen LogP contribution < -0.4 is 10.5 Å². The topological polar surface area (TPSA) is 48.1 Å². The van der Waals surface area contributed by atoms with Gasteiger partial charge in [-0.15, -0.1) is 0 Å². The van der Waals surface area contributed by atoms with E-state index in [4.69, 9.17) is 10.5 Å². The predicted molar refractivity (Wildman–Crippen MR) is 71.0 cm³/mol. The molecule has 0 saturated heterocycles. The van der Waals surface area contributed by atoms with Crippen LogP contribution in [0.3, 0.4) is 0 Å². The maximum absolute atomic E-state index is 5.90. The molecule has 1 heterocycles. The molecule has 0 aliphatic rings.